The fourth-order valence-electron chi connectivity index (χ4n) is 3.30. The molecule has 0 unspecified atom stereocenters. The minimum atomic E-state index is -0.143. The van der Waals surface area contributed by atoms with Crippen LogP contribution in [0.3, 0.4) is 0 Å². The number of thiazole rings is 1. The molecule has 1 N–H and O–H groups in total. The molecule has 5 aromatic rings. The summed E-state index contributed by atoms with van der Waals surface area (Å²) in [5.41, 5.74) is 4.89. The number of nitrogens with one attached hydrogen (secondary N) is 1. The van der Waals surface area contributed by atoms with Gasteiger partial charge in [-0.3, -0.25) is 4.79 Å². The number of fused-ring (bicyclic) bond motifs is 2. The van der Waals surface area contributed by atoms with Crippen LogP contribution in [0.15, 0.2) is 65.3 Å². The third kappa shape index (κ3) is 3.25. The van der Waals surface area contributed by atoms with E-state index in [4.69, 9.17) is 4.52 Å². The Kier molecular flexibility index (Phi) is 4.29. The molecule has 142 valence electrons. The van der Waals surface area contributed by atoms with Crippen molar-refractivity contribution in [3.8, 4) is 10.6 Å². The average Bonchev–Trinajstić information content (AvgIpc) is 3.34. The van der Waals surface area contributed by atoms with Crippen LogP contribution in [0.1, 0.15) is 11.3 Å². The predicted octanol–water partition coefficient (Wildman–Crippen LogP) is 4.99. The Morgan fingerprint density at radius 1 is 1.10 bits per heavy atom. The number of hydrogen-bond acceptors (Lipinski definition) is 6. The highest BCUT2D eigenvalue weighted by molar-refractivity contribution is 7.21. The number of para-hydroxylation sites is 1. The number of anilines is 1. The molecule has 7 heteroatoms. The molecule has 3 heterocycles. The molecule has 0 spiro atoms. The molecule has 0 bridgehead atoms. The number of aromatic nitrogens is 3. The first kappa shape index (κ1) is 17.5. The van der Waals surface area contributed by atoms with Crippen LogP contribution in [0.4, 0.5) is 5.69 Å². The molecule has 3 aromatic heterocycles. The summed E-state index contributed by atoms with van der Waals surface area (Å²) in [7, 11) is 0. The van der Waals surface area contributed by atoms with Gasteiger partial charge in [0.05, 0.1) is 6.42 Å². The van der Waals surface area contributed by atoms with E-state index in [9.17, 15) is 4.79 Å². The minimum Gasteiger partial charge on any atom is -0.356 e. The van der Waals surface area contributed by atoms with Crippen molar-refractivity contribution in [2.45, 2.75) is 13.3 Å². The third-order valence-electron chi connectivity index (χ3n) is 4.78. The first-order valence-electron chi connectivity index (χ1n) is 9.14. The van der Waals surface area contributed by atoms with E-state index in [2.05, 4.69) is 20.4 Å². The van der Waals surface area contributed by atoms with Crippen LogP contribution >= 0.6 is 11.3 Å². The van der Waals surface area contributed by atoms with E-state index in [0.29, 0.717) is 11.3 Å². The van der Waals surface area contributed by atoms with Gasteiger partial charge in [0.2, 0.25) is 5.91 Å². The van der Waals surface area contributed by atoms with Gasteiger partial charge in [0, 0.05) is 22.8 Å². The summed E-state index contributed by atoms with van der Waals surface area (Å²) in [5.74, 6) is -0.143. The Balaban J connectivity index is 1.41. The molecule has 0 radical (unpaired) electrons. The SMILES string of the molecule is Cc1c(NC(=O)Cc2noc3ccccc23)cccc1-c1nc2cccnc2s1. The maximum Gasteiger partial charge on any atom is 0.230 e. The molecule has 0 saturated carbocycles. The second kappa shape index (κ2) is 7.10. The van der Waals surface area contributed by atoms with Crippen molar-refractivity contribution in [3.05, 3.63) is 72.1 Å². The second-order valence-electron chi connectivity index (χ2n) is 6.68. The van der Waals surface area contributed by atoms with E-state index in [-0.39, 0.29) is 12.3 Å². The van der Waals surface area contributed by atoms with Gasteiger partial charge < -0.3 is 9.84 Å². The molecule has 0 saturated heterocycles. The number of amides is 1. The van der Waals surface area contributed by atoms with Crippen molar-refractivity contribution >= 4 is 44.2 Å². The fourth-order valence-corrected chi connectivity index (χ4v) is 4.29. The van der Waals surface area contributed by atoms with Crippen LogP contribution in [0.5, 0.6) is 0 Å². The molecule has 0 aliphatic carbocycles. The lowest BCUT2D eigenvalue weighted by atomic mass is 10.1. The second-order valence-corrected chi connectivity index (χ2v) is 7.65. The molecule has 0 aliphatic heterocycles. The average molecular weight is 400 g/mol. The summed E-state index contributed by atoms with van der Waals surface area (Å²) in [6.07, 6.45) is 1.91. The zero-order valence-corrected chi connectivity index (χ0v) is 16.4. The number of rotatable bonds is 4. The zero-order valence-electron chi connectivity index (χ0n) is 15.5. The molecule has 29 heavy (non-hydrogen) atoms. The van der Waals surface area contributed by atoms with Gasteiger partial charge in [-0.15, -0.1) is 0 Å². The molecular weight excluding hydrogens is 384 g/mol. The molecule has 0 fully saturated rings. The molecule has 5 rings (SSSR count). The highest BCUT2D eigenvalue weighted by Crippen LogP contribution is 2.33. The van der Waals surface area contributed by atoms with Crippen LogP contribution in [0, 0.1) is 6.92 Å². The van der Waals surface area contributed by atoms with Crippen LogP contribution in [0.25, 0.3) is 31.9 Å². The Bertz CT molecular complexity index is 1320. The van der Waals surface area contributed by atoms with Gasteiger partial charge in [-0.2, -0.15) is 0 Å². The Labute approximate surface area is 170 Å². The third-order valence-corrected chi connectivity index (χ3v) is 5.80. The van der Waals surface area contributed by atoms with Crippen molar-refractivity contribution in [2.24, 2.45) is 0 Å². The van der Waals surface area contributed by atoms with Crippen molar-refractivity contribution in [2.75, 3.05) is 5.32 Å². The maximum atomic E-state index is 12.6. The number of carbonyl (C=O) groups excluding carboxylic acids is 1. The van der Waals surface area contributed by atoms with Gasteiger partial charge in [-0.05, 0) is 42.8 Å². The van der Waals surface area contributed by atoms with Gasteiger partial charge in [0.1, 0.15) is 21.0 Å². The number of benzene rings is 2. The van der Waals surface area contributed by atoms with Crippen molar-refractivity contribution in [1.82, 2.24) is 15.1 Å². The minimum absolute atomic E-state index is 0.143. The van der Waals surface area contributed by atoms with Crippen LogP contribution in [0.2, 0.25) is 0 Å². The maximum absolute atomic E-state index is 12.6. The fraction of sp³-hybridized carbons (Fsp3) is 0.0909. The predicted molar refractivity (Wildman–Crippen MR) is 114 cm³/mol. The van der Waals surface area contributed by atoms with E-state index < -0.39 is 0 Å². The molecule has 2 aromatic carbocycles. The largest absolute Gasteiger partial charge is 0.356 e. The van der Waals surface area contributed by atoms with Gasteiger partial charge in [-0.1, -0.05) is 40.8 Å². The van der Waals surface area contributed by atoms with Crippen molar-refractivity contribution in [3.63, 3.8) is 0 Å². The normalized spacial score (nSPS) is 11.2. The zero-order chi connectivity index (χ0) is 19.8. The highest BCUT2D eigenvalue weighted by Gasteiger charge is 2.15. The van der Waals surface area contributed by atoms with Gasteiger partial charge in [-0.25, -0.2) is 9.97 Å². The summed E-state index contributed by atoms with van der Waals surface area (Å²) in [5, 5.41) is 8.78. The smallest absolute Gasteiger partial charge is 0.230 e. The van der Waals surface area contributed by atoms with Gasteiger partial charge >= 0.3 is 0 Å². The number of carbonyl (C=O) groups is 1. The van der Waals surface area contributed by atoms with E-state index in [1.54, 1.807) is 6.20 Å². The van der Waals surface area contributed by atoms with Gasteiger partial charge in [0.15, 0.2) is 5.58 Å². The molecule has 6 nitrogen and oxygen atoms in total. The molecule has 0 aliphatic rings. The van der Waals surface area contributed by atoms with E-state index in [1.807, 2.05) is 61.5 Å². The first-order chi connectivity index (χ1) is 14.2. The van der Waals surface area contributed by atoms with E-state index in [1.165, 1.54) is 11.3 Å². The molecule has 0 atom stereocenters. The van der Waals surface area contributed by atoms with Crippen LogP contribution in [-0.4, -0.2) is 21.0 Å². The lowest BCUT2D eigenvalue weighted by Gasteiger charge is -2.11. The van der Waals surface area contributed by atoms with Crippen LogP contribution in [-0.2, 0) is 11.2 Å². The van der Waals surface area contributed by atoms with Crippen LogP contribution < -0.4 is 5.32 Å². The summed E-state index contributed by atoms with van der Waals surface area (Å²) in [6, 6.07) is 17.2. The number of hydrogen-bond donors (Lipinski definition) is 1. The summed E-state index contributed by atoms with van der Waals surface area (Å²) in [4.78, 5) is 22.6. The summed E-state index contributed by atoms with van der Waals surface area (Å²) >= 11 is 1.54. The monoisotopic (exact) mass is 400 g/mol. The van der Waals surface area contributed by atoms with Crippen molar-refractivity contribution in [1.29, 1.82) is 0 Å². The van der Waals surface area contributed by atoms with E-state index >= 15 is 0 Å². The Morgan fingerprint density at radius 2 is 2.00 bits per heavy atom. The first-order valence-corrected chi connectivity index (χ1v) is 9.95. The highest BCUT2D eigenvalue weighted by atomic mass is 32.1. The lowest BCUT2D eigenvalue weighted by molar-refractivity contribution is -0.115. The Hall–Kier alpha value is -3.58. The lowest BCUT2D eigenvalue weighted by Crippen LogP contribution is -2.15. The Morgan fingerprint density at radius 3 is 2.90 bits per heavy atom. The molecule has 1 amide bonds. The standard InChI is InChI=1S/C22H16N4O2S/c1-13-14(21-25-17-9-5-11-23-22(17)29-21)7-4-8-16(13)24-20(27)12-18-15-6-2-3-10-19(15)28-26-18/h2-11H,12H2,1H3,(H,24,27). The van der Waals surface area contributed by atoms with Gasteiger partial charge in [0.25, 0.3) is 0 Å². The molecular formula is C22H16N4O2S. The summed E-state index contributed by atoms with van der Waals surface area (Å²) in [6.45, 7) is 1.98. The quantitative estimate of drug-likeness (QED) is 0.460. The number of nitrogens with zero attached hydrogens (tertiary/aromatic N) is 3. The van der Waals surface area contributed by atoms with Crippen molar-refractivity contribution < 1.29 is 9.32 Å². The summed E-state index contributed by atoms with van der Waals surface area (Å²) < 4.78 is 5.29. The topological polar surface area (TPSA) is 80.9 Å². The van der Waals surface area contributed by atoms with E-state index in [0.717, 1.165) is 37.6 Å². The number of pyridine rings is 1.